The molecule has 0 aliphatic carbocycles. The molecule has 2 amide bonds. The third kappa shape index (κ3) is 5.77. The van der Waals surface area contributed by atoms with E-state index in [0.717, 1.165) is 36.0 Å². The average Bonchev–Trinajstić information content (AvgIpc) is 2.69. The fourth-order valence-corrected chi connectivity index (χ4v) is 3.97. The number of rotatable bonds is 5. The number of carbonyl (C=O) groups is 2. The van der Waals surface area contributed by atoms with Crippen molar-refractivity contribution < 1.29 is 14.3 Å². The van der Waals surface area contributed by atoms with Gasteiger partial charge in [0.25, 0.3) is 0 Å². The second-order valence-corrected chi connectivity index (χ2v) is 8.24. The molecule has 2 heterocycles. The summed E-state index contributed by atoms with van der Waals surface area (Å²) in [4.78, 5) is 29.0. The highest BCUT2D eigenvalue weighted by molar-refractivity contribution is 9.10. The van der Waals surface area contributed by atoms with Gasteiger partial charge in [-0.05, 0) is 50.6 Å². The quantitative estimate of drug-likeness (QED) is 0.766. The van der Waals surface area contributed by atoms with Crippen LogP contribution in [0.2, 0.25) is 0 Å². The van der Waals surface area contributed by atoms with E-state index < -0.39 is 0 Å². The van der Waals surface area contributed by atoms with Crippen LogP contribution in [-0.4, -0.2) is 67.6 Å². The fraction of sp³-hybridized carbons (Fsp3) is 0.600. The van der Waals surface area contributed by atoms with Gasteiger partial charge in [-0.1, -0.05) is 28.1 Å². The van der Waals surface area contributed by atoms with Crippen molar-refractivity contribution in [1.82, 2.24) is 15.1 Å². The van der Waals surface area contributed by atoms with Crippen LogP contribution in [0.15, 0.2) is 28.7 Å². The van der Waals surface area contributed by atoms with Crippen LogP contribution in [0.1, 0.15) is 31.4 Å². The van der Waals surface area contributed by atoms with Crippen LogP contribution in [0.25, 0.3) is 0 Å². The average molecular weight is 438 g/mol. The first-order valence-corrected chi connectivity index (χ1v) is 10.5. The molecule has 1 N–H and O–H groups in total. The van der Waals surface area contributed by atoms with Crippen LogP contribution >= 0.6 is 15.9 Å². The summed E-state index contributed by atoms with van der Waals surface area (Å²) in [6.45, 7) is 6.66. The van der Waals surface area contributed by atoms with E-state index in [-0.39, 0.29) is 23.8 Å². The van der Waals surface area contributed by atoms with Crippen LogP contribution in [-0.2, 0) is 14.3 Å². The second-order valence-electron chi connectivity index (χ2n) is 7.33. The predicted octanol–water partition coefficient (Wildman–Crippen LogP) is 2.20. The summed E-state index contributed by atoms with van der Waals surface area (Å²) in [5.74, 6) is 0.374. The molecule has 27 heavy (non-hydrogen) atoms. The van der Waals surface area contributed by atoms with Gasteiger partial charge in [0.05, 0.1) is 25.8 Å². The summed E-state index contributed by atoms with van der Waals surface area (Å²) in [5.41, 5.74) is 1.08. The molecule has 1 atom stereocenters. The molecule has 0 saturated carbocycles. The summed E-state index contributed by atoms with van der Waals surface area (Å²) in [7, 11) is 0. The van der Waals surface area contributed by atoms with E-state index in [4.69, 9.17) is 4.74 Å². The highest BCUT2D eigenvalue weighted by atomic mass is 79.9. The second kappa shape index (κ2) is 9.66. The Bertz CT molecular complexity index is 638. The molecule has 2 aliphatic heterocycles. The lowest BCUT2D eigenvalue weighted by molar-refractivity contribution is -0.141. The van der Waals surface area contributed by atoms with E-state index in [0.29, 0.717) is 32.8 Å². The number of carbonyl (C=O) groups excluding carboxylic acids is 2. The summed E-state index contributed by atoms with van der Waals surface area (Å²) < 4.78 is 6.35. The van der Waals surface area contributed by atoms with Crippen molar-refractivity contribution in [3.8, 4) is 0 Å². The third-order valence-corrected chi connectivity index (χ3v) is 5.90. The molecule has 0 radical (unpaired) electrons. The number of halogens is 1. The zero-order valence-corrected chi connectivity index (χ0v) is 17.4. The molecule has 2 saturated heterocycles. The summed E-state index contributed by atoms with van der Waals surface area (Å²) in [6.07, 6.45) is 1.65. The Hall–Kier alpha value is -1.44. The van der Waals surface area contributed by atoms with Crippen molar-refractivity contribution in [3.63, 3.8) is 0 Å². The highest BCUT2D eigenvalue weighted by Crippen LogP contribution is 2.21. The summed E-state index contributed by atoms with van der Waals surface area (Å²) in [5, 5.41) is 3.06. The van der Waals surface area contributed by atoms with Crippen LogP contribution < -0.4 is 5.32 Å². The molecule has 148 valence electrons. The first-order valence-electron chi connectivity index (χ1n) is 9.66. The van der Waals surface area contributed by atoms with Gasteiger partial charge in [-0.3, -0.25) is 14.5 Å². The Morgan fingerprint density at radius 1 is 1.15 bits per heavy atom. The highest BCUT2D eigenvalue weighted by Gasteiger charge is 2.30. The number of amides is 2. The fourth-order valence-electron chi connectivity index (χ4n) is 3.70. The van der Waals surface area contributed by atoms with Crippen molar-refractivity contribution >= 4 is 27.7 Å². The van der Waals surface area contributed by atoms with Gasteiger partial charge in [0.1, 0.15) is 0 Å². The van der Waals surface area contributed by atoms with E-state index in [1.165, 1.54) is 0 Å². The van der Waals surface area contributed by atoms with Gasteiger partial charge in [0.15, 0.2) is 0 Å². The van der Waals surface area contributed by atoms with Gasteiger partial charge in [-0.25, -0.2) is 0 Å². The lowest BCUT2D eigenvalue weighted by Crippen LogP contribution is -2.48. The Morgan fingerprint density at radius 3 is 2.41 bits per heavy atom. The van der Waals surface area contributed by atoms with Crippen LogP contribution in [0, 0.1) is 5.92 Å². The van der Waals surface area contributed by atoms with E-state index >= 15 is 0 Å². The minimum Gasteiger partial charge on any atom is -0.378 e. The van der Waals surface area contributed by atoms with Crippen molar-refractivity contribution in [1.29, 1.82) is 0 Å². The van der Waals surface area contributed by atoms with Gasteiger partial charge in [-0.15, -0.1) is 0 Å². The van der Waals surface area contributed by atoms with Crippen LogP contribution in [0.5, 0.6) is 0 Å². The summed E-state index contributed by atoms with van der Waals surface area (Å²) in [6, 6.07) is 7.96. The number of likely N-dealkylation sites (tertiary alicyclic amines) is 1. The minimum absolute atomic E-state index is 0.0222. The van der Waals surface area contributed by atoms with E-state index in [1.54, 1.807) is 0 Å². The molecule has 1 aromatic rings. The number of morpholine rings is 1. The van der Waals surface area contributed by atoms with E-state index in [9.17, 15) is 9.59 Å². The normalized spacial score (nSPS) is 20.3. The Morgan fingerprint density at radius 2 is 1.78 bits per heavy atom. The molecule has 6 nitrogen and oxygen atoms in total. The number of nitrogens with one attached hydrogen (secondary N) is 1. The molecule has 0 aromatic heterocycles. The first-order chi connectivity index (χ1) is 13.0. The zero-order chi connectivity index (χ0) is 19.2. The van der Waals surface area contributed by atoms with Gasteiger partial charge < -0.3 is 15.0 Å². The van der Waals surface area contributed by atoms with Crippen LogP contribution in [0.4, 0.5) is 0 Å². The van der Waals surface area contributed by atoms with Crippen LogP contribution in [0.3, 0.4) is 0 Å². The van der Waals surface area contributed by atoms with E-state index in [2.05, 4.69) is 26.1 Å². The number of piperidine rings is 1. The molecule has 3 rings (SSSR count). The summed E-state index contributed by atoms with van der Waals surface area (Å²) >= 11 is 3.42. The molecule has 2 aliphatic rings. The number of hydrogen-bond donors (Lipinski definition) is 1. The number of hydrogen-bond acceptors (Lipinski definition) is 4. The Kier molecular flexibility index (Phi) is 7.26. The van der Waals surface area contributed by atoms with Crippen molar-refractivity contribution in [3.05, 3.63) is 34.3 Å². The lowest BCUT2D eigenvalue weighted by atomic mass is 9.95. The number of ether oxygens (including phenoxy) is 1. The minimum atomic E-state index is -0.0222. The number of benzene rings is 1. The molecule has 1 unspecified atom stereocenters. The maximum atomic E-state index is 12.6. The van der Waals surface area contributed by atoms with Gasteiger partial charge in [-0.2, -0.15) is 0 Å². The molecule has 7 heteroatoms. The lowest BCUT2D eigenvalue weighted by Gasteiger charge is -2.35. The van der Waals surface area contributed by atoms with Crippen molar-refractivity contribution in [2.24, 2.45) is 5.92 Å². The molecule has 0 bridgehead atoms. The zero-order valence-electron chi connectivity index (χ0n) is 15.8. The predicted molar refractivity (Wildman–Crippen MR) is 107 cm³/mol. The third-order valence-electron chi connectivity index (χ3n) is 5.37. The van der Waals surface area contributed by atoms with Gasteiger partial charge in [0, 0.05) is 23.5 Å². The van der Waals surface area contributed by atoms with E-state index in [1.807, 2.05) is 36.1 Å². The number of nitrogens with zero attached hydrogens (tertiary/aromatic N) is 2. The maximum absolute atomic E-state index is 12.6. The Balaban J connectivity index is 1.41. The Labute approximate surface area is 169 Å². The largest absolute Gasteiger partial charge is 0.378 e. The molecule has 1 aromatic carbocycles. The molecular formula is C20H28BrN3O3. The topological polar surface area (TPSA) is 61.9 Å². The molecular weight excluding hydrogens is 410 g/mol. The smallest absolute Gasteiger partial charge is 0.234 e. The van der Waals surface area contributed by atoms with Gasteiger partial charge in [0.2, 0.25) is 11.8 Å². The SMILES string of the molecule is CC(NC(=O)CN1CCC(C(=O)N2CCOCC2)CC1)c1ccc(Br)cc1. The monoisotopic (exact) mass is 437 g/mol. The maximum Gasteiger partial charge on any atom is 0.234 e. The standard InChI is InChI=1S/C20H28BrN3O3/c1-15(16-2-4-18(21)5-3-16)22-19(25)14-23-8-6-17(7-9-23)20(26)24-10-12-27-13-11-24/h2-5,15,17H,6-14H2,1H3,(H,22,25). The van der Waals surface area contributed by atoms with Crippen molar-refractivity contribution in [2.75, 3.05) is 45.9 Å². The first kappa shape index (κ1) is 20.3. The molecule has 0 spiro atoms. The van der Waals surface area contributed by atoms with Gasteiger partial charge >= 0.3 is 0 Å². The van der Waals surface area contributed by atoms with Crippen molar-refractivity contribution in [2.45, 2.75) is 25.8 Å². The molecule has 2 fully saturated rings.